The molecule has 1 rings (SSSR count). The Morgan fingerprint density at radius 2 is 1.84 bits per heavy atom. The normalized spacial score (nSPS) is 12.1. The first-order valence-electron chi connectivity index (χ1n) is 6.00. The number of Topliss-reactive ketones (excluding diaryl/α,β-unsaturated/α-hetero) is 1. The summed E-state index contributed by atoms with van der Waals surface area (Å²) in [6, 6.07) is 1.51. The number of carbonyl (C=O) groups excluding carboxylic acids is 2. The third-order valence-electron chi connectivity index (χ3n) is 2.30. The molecule has 1 aromatic rings. The number of alkyl carbamates (subject to hydrolysis) is 1. The third kappa shape index (κ3) is 4.39. The average Bonchev–Trinajstić information content (AvgIpc) is 2.61. The van der Waals surface area contributed by atoms with Crippen LogP contribution in [0.3, 0.4) is 0 Å². The van der Waals surface area contributed by atoms with E-state index in [1.165, 1.54) is 13.0 Å². The first kappa shape index (κ1) is 15.2. The molecule has 0 radical (unpaired) electrons. The van der Waals surface area contributed by atoms with Crippen LogP contribution < -0.4 is 5.32 Å². The predicted octanol–water partition coefficient (Wildman–Crippen LogP) is 2.64. The number of hydrogen-bond donors (Lipinski definition) is 1. The molecule has 0 fully saturated rings. The maximum Gasteiger partial charge on any atom is 0.408 e. The Balaban J connectivity index is 2.79. The smallest absolute Gasteiger partial charge is 0.408 e. The number of carbonyl (C=O) groups is 2. The molecule has 106 valence electrons. The van der Waals surface area contributed by atoms with E-state index in [-0.39, 0.29) is 11.5 Å². The van der Waals surface area contributed by atoms with E-state index in [9.17, 15) is 9.59 Å². The van der Waals surface area contributed by atoms with Gasteiger partial charge in [-0.05, 0) is 34.6 Å². The van der Waals surface area contributed by atoms with Crippen LogP contribution in [0.15, 0.2) is 10.6 Å². The zero-order valence-corrected chi connectivity index (χ0v) is 12.2. The molecule has 0 spiro atoms. The van der Waals surface area contributed by atoms with Gasteiger partial charge in [0.15, 0.2) is 11.5 Å². The monoisotopic (exact) mass is 268 g/mol. The molecule has 19 heavy (non-hydrogen) atoms. The fraction of sp³-hybridized carbons (Fsp3) is 0.615. The van der Waals surface area contributed by atoms with Crippen molar-refractivity contribution < 1.29 is 18.8 Å². The minimum absolute atomic E-state index is 0.192. The first-order chi connectivity index (χ1) is 8.51. The van der Waals surface area contributed by atoms with E-state index in [1.807, 2.05) is 0 Å². The lowest BCUT2D eigenvalue weighted by Crippen LogP contribution is -2.43. The van der Waals surface area contributed by atoms with E-state index < -0.39 is 17.2 Å². The molecule has 0 atom stereocenters. The van der Waals surface area contributed by atoms with Gasteiger partial charge < -0.3 is 14.6 Å². The van der Waals surface area contributed by atoms with Gasteiger partial charge in [0.25, 0.3) is 0 Å². The summed E-state index contributed by atoms with van der Waals surface area (Å²) >= 11 is 0. The molecular formula is C13H20N2O4. The largest absolute Gasteiger partial charge is 0.444 e. The summed E-state index contributed by atoms with van der Waals surface area (Å²) < 4.78 is 10.3. The second-order valence-electron chi connectivity index (χ2n) is 5.88. The minimum atomic E-state index is -0.816. The van der Waals surface area contributed by atoms with E-state index in [0.29, 0.717) is 5.76 Å². The van der Waals surface area contributed by atoms with Crippen molar-refractivity contribution in [3.05, 3.63) is 17.5 Å². The molecule has 6 heteroatoms. The topological polar surface area (TPSA) is 81.4 Å². The van der Waals surface area contributed by atoms with Crippen LogP contribution in [0.1, 0.15) is 57.8 Å². The fourth-order valence-electron chi connectivity index (χ4n) is 1.36. The summed E-state index contributed by atoms with van der Waals surface area (Å²) in [5, 5.41) is 6.32. The zero-order valence-electron chi connectivity index (χ0n) is 12.2. The van der Waals surface area contributed by atoms with Crippen molar-refractivity contribution in [3.63, 3.8) is 0 Å². The van der Waals surface area contributed by atoms with E-state index in [4.69, 9.17) is 9.26 Å². The maximum absolute atomic E-state index is 11.7. The second kappa shape index (κ2) is 5.03. The van der Waals surface area contributed by atoms with Crippen LogP contribution in [0.5, 0.6) is 0 Å². The highest BCUT2D eigenvalue weighted by molar-refractivity contribution is 5.92. The van der Waals surface area contributed by atoms with E-state index in [2.05, 4.69) is 10.5 Å². The number of nitrogens with zero attached hydrogens (tertiary/aromatic N) is 1. The van der Waals surface area contributed by atoms with Crippen molar-refractivity contribution >= 4 is 11.9 Å². The highest BCUT2D eigenvalue weighted by Gasteiger charge is 2.30. The van der Waals surface area contributed by atoms with E-state index >= 15 is 0 Å². The Kier molecular flexibility index (Phi) is 4.03. The molecule has 0 unspecified atom stereocenters. The highest BCUT2D eigenvalue weighted by atomic mass is 16.6. The lowest BCUT2D eigenvalue weighted by Gasteiger charge is -2.26. The van der Waals surface area contributed by atoms with Gasteiger partial charge in [-0.25, -0.2) is 4.79 Å². The molecule has 1 heterocycles. The molecule has 1 amide bonds. The van der Waals surface area contributed by atoms with Gasteiger partial charge in [0.1, 0.15) is 11.3 Å². The number of ketones is 1. The summed E-state index contributed by atoms with van der Waals surface area (Å²) in [5.41, 5.74) is -1.16. The second-order valence-corrected chi connectivity index (χ2v) is 5.88. The standard InChI is InChI=1S/C13H20N2O4/c1-8(16)9-7-10(19-15-9)13(5,6)14-11(17)18-12(2,3)4/h7H,1-6H3,(H,14,17). The number of hydrogen-bond acceptors (Lipinski definition) is 5. The Morgan fingerprint density at radius 3 is 2.26 bits per heavy atom. The van der Waals surface area contributed by atoms with E-state index in [1.54, 1.807) is 34.6 Å². The molecular weight excluding hydrogens is 248 g/mol. The van der Waals surface area contributed by atoms with Crippen molar-refractivity contribution in [2.24, 2.45) is 0 Å². The maximum atomic E-state index is 11.7. The summed E-state index contributed by atoms with van der Waals surface area (Å²) in [4.78, 5) is 22.9. The lowest BCUT2D eigenvalue weighted by atomic mass is 10.0. The summed E-state index contributed by atoms with van der Waals surface area (Å²) in [5.74, 6) is 0.201. The summed E-state index contributed by atoms with van der Waals surface area (Å²) in [7, 11) is 0. The number of aromatic nitrogens is 1. The minimum Gasteiger partial charge on any atom is -0.444 e. The molecule has 0 saturated carbocycles. The first-order valence-corrected chi connectivity index (χ1v) is 6.00. The average molecular weight is 268 g/mol. The van der Waals surface area contributed by atoms with Gasteiger partial charge in [-0.2, -0.15) is 0 Å². The molecule has 1 aromatic heterocycles. The van der Waals surface area contributed by atoms with Gasteiger partial charge >= 0.3 is 6.09 Å². The lowest BCUT2D eigenvalue weighted by molar-refractivity contribution is 0.0455. The van der Waals surface area contributed by atoms with Crippen molar-refractivity contribution in [1.82, 2.24) is 10.5 Å². The molecule has 0 bridgehead atoms. The number of ether oxygens (including phenoxy) is 1. The SMILES string of the molecule is CC(=O)c1cc(C(C)(C)NC(=O)OC(C)(C)C)on1. The number of nitrogens with one attached hydrogen (secondary N) is 1. The van der Waals surface area contributed by atoms with Gasteiger partial charge in [-0.3, -0.25) is 4.79 Å². The van der Waals surface area contributed by atoms with Gasteiger partial charge in [0, 0.05) is 13.0 Å². The van der Waals surface area contributed by atoms with Crippen LogP contribution in [0.2, 0.25) is 0 Å². The van der Waals surface area contributed by atoms with Crippen LogP contribution in [-0.4, -0.2) is 22.6 Å². The molecule has 0 aromatic carbocycles. The Labute approximate surface area is 112 Å². The predicted molar refractivity (Wildman–Crippen MR) is 68.9 cm³/mol. The van der Waals surface area contributed by atoms with Crippen LogP contribution in [-0.2, 0) is 10.3 Å². The van der Waals surface area contributed by atoms with Gasteiger partial charge in [0.05, 0.1) is 5.54 Å². The Bertz CT molecular complexity index is 483. The van der Waals surface area contributed by atoms with Crippen molar-refractivity contribution in [3.8, 4) is 0 Å². The number of rotatable bonds is 3. The van der Waals surface area contributed by atoms with Crippen LogP contribution >= 0.6 is 0 Å². The van der Waals surface area contributed by atoms with Crippen LogP contribution in [0, 0.1) is 0 Å². The third-order valence-corrected chi connectivity index (χ3v) is 2.30. The molecule has 1 N–H and O–H groups in total. The molecule has 0 aliphatic rings. The van der Waals surface area contributed by atoms with Gasteiger partial charge in [-0.15, -0.1) is 0 Å². The van der Waals surface area contributed by atoms with Crippen molar-refractivity contribution in [2.75, 3.05) is 0 Å². The van der Waals surface area contributed by atoms with Crippen molar-refractivity contribution in [1.29, 1.82) is 0 Å². The van der Waals surface area contributed by atoms with Gasteiger partial charge in [0.2, 0.25) is 0 Å². The van der Waals surface area contributed by atoms with Crippen LogP contribution in [0.25, 0.3) is 0 Å². The molecule has 0 aliphatic carbocycles. The van der Waals surface area contributed by atoms with Crippen LogP contribution in [0.4, 0.5) is 4.79 Å². The van der Waals surface area contributed by atoms with Crippen molar-refractivity contribution in [2.45, 2.75) is 52.7 Å². The quantitative estimate of drug-likeness (QED) is 0.852. The van der Waals surface area contributed by atoms with E-state index in [0.717, 1.165) is 0 Å². The number of amides is 1. The zero-order chi connectivity index (χ0) is 14.8. The molecule has 6 nitrogen and oxygen atoms in total. The molecule has 0 aliphatic heterocycles. The summed E-state index contributed by atoms with van der Waals surface area (Å²) in [6.45, 7) is 10.2. The summed E-state index contributed by atoms with van der Waals surface area (Å²) in [6.07, 6.45) is -0.557. The highest BCUT2D eigenvalue weighted by Crippen LogP contribution is 2.22. The molecule has 0 saturated heterocycles. The Morgan fingerprint density at radius 1 is 1.26 bits per heavy atom. The van der Waals surface area contributed by atoms with Gasteiger partial charge in [-0.1, -0.05) is 5.16 Å². The fourth-order valence-corrected chi connectivity index (χ4v) is 1.36. The Hall–Kier alpha value is -1.85.